The molecule has 0 unspecified atom stereocenters. The van der Waals surface area contributed by atoms with Gasteiger partial charge in [-0.05, 0) is 36.6 Å². The molecule has 1 amide bonds. The molecule has 0 atom stereocenters. The molecule has 3 heteroatoms. The van der Waals surface area contributed by atoms with Crippen LogP contribution in [0.1, 0.15) is 30.6 Å². The Morgan fingerprint density at radius 1 is 1.25 bits per heavy atom. The van der Waals surface area contributed by atoms with Gasteiger partial charge in [0.05, 0.1) is 0 Å². The standard InChI is InChI=1S/C13H20N2O/c1-10(2)8-9-15-12-6-4-11(5-7-12)13(16)14-3/h4-7,10,15H,8-9H2,1-3H3,(H,14,16). The van der Waals surface area contributed by atoms with Crippen LogP contribution in [0.3, 0.4) is 0 Å². The number of anilines is 1. The van der Waals surface area contributed by atoms with E-state index in [0.717, 1.165) is 18.7 Å². The van der Waals surface area contributed by atoms with Crippen molar-refractivity contribution >= 4 is 11.6 Å². The highest BCUT2D eigenvalue weighted by Crippen LogP contribution is 2.10. The van der Waals surface area contributed by atoms with Gasteiger partial charge < -0.3 is 10.6 Å². The van der Waals surface area contributed by atoms with Gasteiger partial charge in [-0.2, -0.15) is 0 Å². The summed E-state index contributed by atoms with van der Waals surface area (Å²) in [7, 11) is 1.64. The van der Waals surface area contributed by atoms with E-state index in [4.69, 9.17) is 0 Å². The highest BCUT2D eigenvalue weighted by Gasteiger charge is 2.01. The minimum Gasteiger partial charge on any atom is -0.385 e. The summed E-state index contributed by atoms with van der Waals surface area (Å²) in [5, 5.41) is 5.93. The van der Waals surface area contributed by atoms with E-state index in [2.05, 4.69) is 24.5 Å². The number of rotatable bonds is 5. The number of hydrogen-bond donors (Lipinski definition) is 2. The van der Waals surface area contributed by atoms with E-state index in [0.29, 0.717) is 11.5 Å². The van der Waals surface area contributed by atoms with Crippen LogP contribution >= 0.6 is 0 Å². The lowest BCUT2D eigenvalue weighted by Crippen LogP contribution is -2.17. The molecule has 16 heavy (non-hydrogen) atoms. The second-order valence-electron chi connectivity index (χ2n) is 4.27. The molecule has 0 aromatic heterocycles. The summed E-state index contributed by atoms with van der Waals surface area (Å²) >= 11 is 0. The van der Waals surface area contributed by atoms with Crippen molar-refractivity contribution in [3.63, 3.8) is 0 Å². The Kier molecular flexibility index (Phi) is 4.83. The fourth-order valence-corrected chi connectivity index (χ4v) is 1.39. The van der Waals surface area contributed by atoms with E-state index in [1.165, 1.54) is 0 Å². The molecule has 1 aromatic carbocycles. The summed E-state index contributed by atoms with van der Waals surface area (Å²) in [6, 6.07) is 7.53. The van der Waals surface area contributed by atoms with Gasteiger partial charge in [-0.1, -0.05) is 13.8 Å². The maximum Gasteiger partial charge on any atom is 0.251 e. The zero-order chi connectivity index (χ0) is 12.0. The summed E-state index contributed by atoms with van der Waals surface area (Å²) in [5.74, 6) is 0.659. The third-order valence-electron chi connectivity index (χ3n) is 2.42. The van der Waals surface area contributed by atoms with Crippen LogP contribution in [0.15, 0.2) is 24.3 Å². The number of amides is 1. The average molecular weight is 220 g/mol. The first-order valence-corrected chi connectivity index (χ1v) is 5.69. The van der Waals surface area contributed by atoms with Crippen LogP contribution in [-0.4, -0.2) is 19.5 Å². The van der Waals surface area contributed by atoms with Crippen molar-refractivity contribution in [3.8, 4) is 0 Å². The number of carbonyl (C=O) groups is 1. The third-order valence-corrected chi connectivity index (χ3v) is 2.42. The van der Waals surface area contributed by atoms with Crippen LogP contribution in [0.5, 0.6) is 0 Å². The Hall–Kier alpha value is -1.51. The Morgan fingerprint density at radius 2 is 1.88 bits per heavy atom. The topological polar surface area (TPSA) is 41.1 Å². The Balaban J connectivity index is 2.48. The molecule has 0 aliphatic heterocycles. The van der Waals surface area contributed by atoms with Crippen LogP contribution in [0, 0.1) is 5.92 Å². The van der Waals surface area contributed by atoms with Crippen molar-refractivity contribution in [2.75, 3.05) is 18.9 Å². The first kappa shape index (κ1) is 12.6. The molecule has 2 N–H and O–H groups in total. The molecule has 0 fully saturated rings. The Bertz CT molecular complexity index is 330. The van der Waals surface area contributed by atoms with Crippen LogP contribution < -0.4 is 10.6 Å². The van der Waals surface area contributed by atoms with Crippen LogP contribution in [0.2, 0.25) is 0 Å². The molecule has 0 aliphatic rings. The van der Waals surface area contributed by atoms with Crippen molar-refractivity contribution in [2.24, 2.45) is 5.92 Å². The quantitative estimate of drug-likeness (QED) is 0.800. The molecule has 1 rings (SSSR count). The number of nitrogens with one attached hydrogen (secondary N) is 2. The second kappa shape index (κ2) is 6.16. The lowest BCUT2D eigenvalue weighted by atomic mass is 10.1. The lowest BCUT2D eigenvalue weighted by molar-refractivity contribution is 0.0963. The molecule has 0 saturated carbocycles. The van der Waals surface area contributed by atoms with Gasteiger partial charge in [0.2, 0.25) is 0 Å². The van der Waals surface area contributed by atoms with Gasteiger partial charge in [0.15, 0.2) is 0 Å². The van der Waals surface area contributed by atoms with Gasteiger partial charge in [0.25, 0.3) is 5.91 Å². The molecule has 0 heterocycles. The van der Waals surface area contributed by atoms with Crippen molar-refractivity contribution in [2.45, 2.75) is 20.3 Å². The van der Waals surface area contributed by atoms with E-state index in [1.807, 2.05) is 24.3 Å². The van der Waals surface area contributed by atoms with Crippen molar-refractivity contribution < 1.29 is 4.79 Å². The van der Waals surface area contributed by atoms with Crippen LogP contribution in [-0.2, 0) is 0 Å². The fourth-order valence-electron chi connectivity index (χ4n) is 1.39. The first-order valence-electron chi connectivity index (χ1n) is 5.69. The summed E-state index contributed by atoms with van der Waals surface area (Å²) in [6.45, 7) is 5.38. The number of carbonyl (C=O) groups excluding carboxylic acids is 1. The minimum atomic E-state index is -0.0475. The van der Waals surface area contributed by atoms with Gasteiger partial charge >= 0.3 is 0 Å². The van der Waals surface area contributed by atoms with Crippen LogP contribution in [0.4, 0.5) is 5.69 Å². The first-order chi connectivity index (χ1) is 7.63. The lowest BCUT2D eigenvalue weighted by Gasteiger charge is -2.08. The zero-order valence-electron chi connectivity index (χ0n) is 10.2. The van der Waals surface area contributed by atoms with E-state index in [-0.39, 0.29) is 5.91 Å². The van der Waals surface area contributed by atoms with Gasteiger partial charge in [0, 0.05) is 24.8 Å². The normalized spacial score (nSPS) is 10.2. The number of benzene rings is 1. The molecular weight excluding hydrogens is 200 g/mol. The van der Waals surface area contributed by atoms with E-state index in [9.17, 15) is 4.79 Å². The largest absolute Gasteiger partial charge is 0.385 e. The van der Waals surface area contributed by atoms with Crippen molar-refractivity contribution in [1.82, 2.24) is 5.32 Å². The van der Waals surface area contributed by atoms with Crippen molar-refractivity contribution in [1.29, 1.82) is 0 Å². The SMILES string of the molecule is CNC(=O)c1ccc(NCCC(C)C)cc1. The van der Waals surface area contributed by atoms with E-state index >= 15 is 0 Å². The molecule has 88 valence electrons. The van der Waals surface area contributed by atoms with Crippen LogP contribution in [0.25, 0.3) is 0 Å². The second-order valence-corrected chi connectivity index (χ2v) is 4.27. The molecule has 0 bridgehead atoms. The molecule has 0 spiro atoms. The van der Waals surface area contributed by atoms with Gasteiger partial charge in [-0.25, -0.2) is 0 Å². The van der Waals surface area contributed by atoms with Gasteiger partial charge in [0.1, 0.15) is 0 Å². The molecule has 0 saturated heterocycles. The Morgan fingerprint density at radius 3 is 2.38 bits per heavy atom. The molecule has 0 radical (unpaired) electrons. The predicted molar refractivity (Wildman–Crippen MR) is 67.8 cm³/mol. The maximum absolute atomic E-state index is 11.3. The zero-order valence-corrected chi connectivity index (χ0v) is 10.2. The molecule has 1 aromatic rings. The van der Waals surface area contributed by atoms with Gasteiger partial charge in [-0.15, -0.1) is 0 Å². The molecular formula is C13H20N2O. The Labute approximate surface area is 97.2 Å². The van der Waals surface area contributed by atoms with E-state index < -0.39 is 0 Å². The third kappa shape index (κ3) is 3.93. The summed E-state index contributed by atoms with van der Waals surface area (Å²) in [5.41, 5.74) is 1.75. The van der Waals surface area contributed by atoms with Crippen molar-refractivity contribution in [3.05, 3.63) is 29.8 Å². The minimum absolute atomic E-state index is 0.0475. The van der Waals surface area contributed by atoms with E-state index in [1.54, 1.807) is 7.05 Å². The maximum atomic E-state index is 11.3. The van der Waals surface area contributed by atoms with Gasteiger partial charge in [-0.3, -0.25) is 4.79 Å². The molecule has 0 aliphatic carbocycles. The highest BCUT2D eigenvalue weighted by atomic mass is 16.1. The smallest absolute Gasteiger partial charge is 0.251 e. The average Bonchev–Trinajstić information content (AvgIpc) is 2.28. The monoisotopic (exact) mass is 220 g/mol. The summed E-state index contributed by atoms with van der Waals surface area (Å²) < 4.78 is 0. The summed E-state index contributed by atoms with van der Waals surface area (Å²) in [6.07, 6.45) is 1.15. The molecule has 3 nitrogen and oxygen atoms in total. The number of hydrogen-bond acceptors (Lipinski definition) is 2. The fraction of sp³-hybridized carbons (Fsp3) is 0.462. The summed E-state index contributed by atoms with van der Waals surface area (Å²) in [4.78, 5) is 11.3. The highest BCUT2D eigenvalue weighted by molar-refractivity contribution is 5.94. The predicted octanol–water partition coefficient (Wildman–Crippen LogP) is 2.50.